The molecule has 3 rings (SSSR count). The number of rotatable bonds is 3. The van der Waals surface area contributed by atoms with E-state index >= 15 is 0 Å². The summed E-state index contributed by atoms with van der Waals surface area (Å²) in [4.78, 5) is 0.0813. The number of sulfone groups is 1. The normalized spacial score (nSPS) is 23.3. The highest BCUT2D eigenvalue weighted by Gasteiger charge is 2.52. The number of hydrogen-bond acceptors (Lipinski definition) is 4. The van der Waals surface area contributed by atoms with E-state index in [2.05, 4.69) is 0 Å². The molecule has 1 aliphatic heterocycles. The molecule has 0 amide bonds. The molecule has 23 heavy (non-hydrogen) atoms. The second kappa shape index (κ2) is 5.04. The molecule has 4 nitrogen and oxygen atoms in total. The molecule has 1 aliphatic carbocycles. The molecule has 1 aromatic carbocycles. The predicted octanol–water partition coefficient (Wildman–Crippen LogP) is 2.37. The Balaban J connectivity index is 1.99. The molecule has 0 bridgehead atoms. The predicted molar refractivity (Wildman–Crippen MR) is 87.1 cm³/mol. The van der Waals surface area contributed by atoms with Gasteiger partial charge in [-0.1, -0.05) is 6.07 Å². The number of hydrogen-bond donors (Lipinski definition) is 0. The summed E-state index contributed by atoms with van der Waals surface area (Å²) in [5.41, 5.74) is -0.369. The highest BCUT2D eigenvalue weighted by molar-refractivity contribution is 7.92. The highest BCUT2D eigenvalue weighted by Crippen LogP contribution is 2.38. The molecule has 0 radical (unpaired) electrons. The van der Waals surface area contributed by atoms with Gasteiger partial charge in [0.25, 0.3) is 0 Å². The van der Waals surface area contributed by atoms with Gasteiger partial charge in [-0.2, -0.15) is 0 Å². The van der Waals surface area contributed by atoms with E-state index in [1.165, 1.54) is 6.07 Å². The van der Waals surface area contributed by atoms with Crippen LogP contribution in [0.1, 0.15) is 46.1 Å². The van der Waals surface area contributed by atoms with Crippen molar-refractivity contribution >= 4 is 22.4 Å². The van der Waals surface area contributed by atoms with Crippen molar-refractivity contribution in [2.24, 2.45) is 0 Å². The Kier molecular flexibility index (Phi) is 3.71. The third-order valence-corrected chi connectivity index (χ3v) is 7.47. The minimum absolute atomic E-state index is 0.0813. The number of halogens is 1. The zero-order valence-corrected chi connectivity index (χ0v) is 15.0. The van der Waals surface area contributed by atoms with Crippen LogP contribution in [-0.2, 0) is 19.1 Å². The van der Waals surface area contributed by atoms with Crippen molar-refractivity contribution in [2.45, 2.75) is 68.8 Å². The van der Waals surface area contributed by atoms with Crippen molar-refractivity contribution in [1.82, 2.24) is 0 Å². The standard InChI is InChI=1S/C16H22BFO4S/c1-10-8-12(17-21-15(2,3)16(4,5)22-17)13(18)9-14(10)23(19,20)11-6-7-11/h8-9,11H,6-7H2,1-5H3. The maximum absolute atomic E-state index is 14.6. The molecule has 0 N–H and O–H groups in total. The Bertz CT molecular complexity index is 738. The fourth-order valence-electron chi connectivity index (χ4n) is 2.70. The Morgan fingerprint density at radius 2 is 1.65 bits per heavy atom. The second-order valence-electron chi connectivity index (χ2n) is 7.47. The van der Waals surface area contributed by atoms with Gasteiger partial charge in [0.2, 0.25) is 0 Å². The van der Waals surface area contributed by atoms with E-state index in [1.807, 2.05) is 27.7 Å². The first-order valence-electron chi connectivity index (χ1n) is 7.85. The minimum Gasteiger partial charge on any atom is -0.399 e. The third-order valence-electron chi connectivity index (χ3n) is 5.07. The molecule has 0 atom stereocenters. The van der Waals surface area contributed by atoms with Gasteiger partial charge in [-0.25, -0.2) is 12.8 Å². The van der Waals surface area contributed by atoms with E-state index in [9.17, 15) is 12.8 Å². The molecule has 1 aromatic rings. The average molecular weight is 340 g/mol. The lowest BCUT2D eigenvalue weighted by Crippen LogP contribution is -2.41. The lowest BCUT2D eigenvalue weighted by Gasteiger charge is -2.32. The van der Waals surface area contributed by atoms with Gasteiger partial charge in [0, 0.05) is 5.46 Å². The molecule has 2 aliphatic rings. The summed E-state index contributed by atoms with van der Waals surface area (Å²) < 4.78 is 51.0. The maximum atomic E-state index is 14.6. The molecular formula is C16H22BFO4S. The molecule has 1 saturated heterocycles. The van der Waals surface area contributed by atoms with Crippen LogP contribution in [0.3, 0.4) is 0 Å². The van der Waals surface area contributed by atoms with Crippen LogP contribution in [0, 0.1) is 12.7 Å². The van der Waals surface area contributed by atoms with Crippen LogP contribution >= 0.6 is 0 Å². The summed E-state index contributed by atoms with van der Waals surface area (Å²) in [5.74, 6) is -0.603. The monoisotopic (exact) mass is 340 g/mol. The van der Waals surface area contributed by atoms with E-state index in [1.54, 1.807) is 6.92 Å². The van der Waals surface area contributed by atoms with Crippen molar-refractivity contribution in [3.05, 3.63) is 23.5 Å². The van der Waals surface area contributed by atoms with Crippen molar-refractivity contribution in [1.29, 1.82) is 0 Å². The topological polar surface area (TPSA) is 52.6 Å². The van der Waals surface area contributed by atoms with E-state index in [0.29, 0.717) is 18.4 Å². The van der Waals surface area contributed by atoms with Gasteiger partial charge < -0.3 is 9.31 Å². The Hall–Kier alpha value is -0.915. The zero-order chi connectivity index (χ0) is 17.2. The van der Waals surface area contributed by atoms with Gasteiger partial charge in [-0.3, -0.25) is 0 Å². The molecule has 7 heteroatoms. The van der Waals surface area contributed by atoms with E-state index < -0.39 is 34.0 Å². The molecular weight excluding hydrogens is 318 g/mol. The van der Waals surface area contributed by atoms with Crippen molar-refractivity contribution in [3.8, 4) is 0 Å². The largest absolute Gasteiger partial charge is 0.497 e. The molecule has 1 saturated carbocycles. The highest BCUT2D eigenvalue weighted by atomic mass is 32.2. The molecule has 0 unspecified atom stereocenters. The van der Waals surface area contributed by atoms with Crippen LogP contribution in [0.15, 0.2) is 17.0 Å². The fourth-order valence-corrected chi connectivity index (χ4v) is 4.59. The van der Waals surface area contributed by atoms with Gasteiger partial charge in [-0.05, 0) is 59.1 Å². The van der Waals surface area contributed by atoms with E-state index in [-0.39, 0.29) is 15.6 Å². The summed E-state index contributed by atoms with van der Waals surface area (Å²) in [7, 11) is -4.26. The number of benzene rings is 1. The van der Waals surface area contributed by atoms with Crippen molar-refractivity contribution < 1.29 is 22.1 Å². The lowest BCUT2D eigenvalue weighted by atomic mass is 9.78. The van der Waals surface area contributed by atoms with Gasteiger partial charge in [0.15, 0.2) is 9.84 Å². The Morgan fingerprint density at radius 3 is 2.13 bits per heavy atom. The second-order valence-corrected chi connectivity index (χ2v) is 9.67. The molecule has 126 valence electrons. The first-order valence-corrected chi connectivity index (χ1v) is 9.40. The molecule has 0 spiro atoms. The maximum Gasteiger partial charge on any atom is 0.497 e. The quantitative estimate of drug-likeness (QED) is 0.793. The summed E-state index contributed by atoms with van der Waals surface area (Å²) >= 11 is 0. The molecule has 2 fully saturated rings. The smallest absolute Gasteiger partial charge is 0.399 e. The van der Waals surface area contributed by atoms with Crippen LogP contribution in [0.5, 0.6) is 0 Å². The van der Waals surface area contributed by atoms with Gasteiger partial charge >= 0.3 is 7.12 Å². The van der Waals surface area contributed by atoms with Gasteiger partial charge in [-0.15, -0.1) is 0 Å². The SMILES string of the molecule is Cc1cc(B2OC(C)(C)C(C)(C)O2)c(F)cc1S(=O)(=O)C1CC1. The summed E-state index contributed by atoms with van der Waals surface area (Å²) in [6, 6.07) is 2.65. The zero-order valence-electron chi connectivity index (χ0n) is 14.1. The first-order chi connectivity index (χ1) is 10.5. The average Bonchev–Trinajstić information content (AvgIpc) is 3.21. The van der Waals surface area contributed by atoms with Gasteiger partial charge in [0.1, 0.15) is 5.82 Å². The summed E-state index contributed by atoms with van der Waals surface area (Å²) in [6.45, 7) is 9.25. The van der Waals surface area contributed by atoms with Crippen molar-refractivity contribution in [2.75, 3.05) is 0 Å². The summed E-state index contributed by atoms with van der Waals surface area (Å²) in [5, 5.41) is -0.358. The third kappa shape index (κ3) is 2.73. The lowest BCUT2D eigenvalue weighted by molar-refractivity contribution is 0.00578. The van der Waals surface area contributed by atoms with Crippen LogP contribution in [0.25, 0.3) is 0 Å². The fraction of sp³-hybridized carbons (Fsp3) is 0.625. The van der Waals surface area contributed by atoms with Crippen LogP contribution in [0.2, 0.25) is 0 Å². The van der Waals surface area contributed by atoms with Crippen molar-refractivity contribution in [3.63, 3.8) is 0 Å². The Morgan fingerprint density at radius 1 is 1.13 bits per heavy atom. The Labute approximate surface area is 137 Å². The summed E-state index contributed by atoms with van der Waals surface area (Å²) in [6.07, 6.45) is 1.31. The first kappa shape index (κ1) is 16.9. The van der Waals surface area contributed by atoms with Crippen LogP contribution in [-0.4, -0.2) is 32.0 Å². The van der Waals surface area contributed by atoms with Gasteiger partial charge in [0.05, 0.1) is 21.3 Å². The molecule has 0 aromatic heterocycles. The minimum atomic E-state index is -3.43. The molecule has 1 heterocycles. The van der Waals surface area contributed by atoms with E-state index in [0.717, 1.165) is 6.07 Å². The number of aryl methyl sites for hydroxylation is 1. The van der Waals surface area contributed by atoms with E-state index in [4.69, 9.17) is 9.31 Å². The van der Waals surface area contributed by atoms with Crippen LogP contribution in [0.4, 0.5) is 4.39 Å². The van der Waals surface area contributed by atoms with Crippen LogP contribution < -0.4 is 5.46 Å².